The van der Waals surface area contributed by atoms with Gasteiger partial charge in [-0.1, -0.05) is 0 Å². The van der Waals surface area contributed by atoms with Crippen LogP contribution in [0.3, 0.4) is 0 Å². The Bertz CT molecular complexity index is 169. The van der Waals surface area contributed by atoms with Crippen LogP contribution in [0.15, 0.2) is 0 Å². The highest BCUT2D eigenvalue weighted by Crippen LogP contribution is 2.22. The lowest BCUT2D eigenvalue weighted by molar-refractivity contribution is -0.166. The maximum absolute atomic E-state index is 11.1. The van der Waals surface area contributed by atoms with Crippen LogP contribution in [0.4, 0.5) is 0 Å². The third-order valence-corrected chi connectivity index (χ3v) is 2.02. The number of ether oxygens (including phenoxy) is 3. The van der Waals surface area contributed by atoms with E-state index in [9.17, 15) is 4.79 Å². The summed E-state index contributed by atoms with van der Waals surface area (Å²) in [6, 6.07) is 0. The molecule has 1 aliphatic rings. The second-order valence-electron chi connectivity index (χ2n) is 2.95. The van der Waals surface area contributed by atoms with E-state index in [1.54, 1.807) is 7.11 Å². The molecular weight excluding hydrogens is 172 g/mol. The van der Waals surface area contributed by atoms with Crippen molar-refractivity contribution in [1.29, 1.82) is 0 Å². The molecule has 0 heterocycles. The fourth-order valence-corrected chi connectivity index (χ4v) is 1.29. The zero-order chi connectivity index (χ0) is 9.68. The average Bonchev–Trinajstić information content (AvgIpc) is 2.12. The van der Waals surface area contributed by atoms with Crippen molar-refractivity contribution < 1.29 is 19.0 Å². The molecule has 4 heteroatoms. The van der Waals surface area contributed by atoms with Crippen LogP contribution >= 0.6 is 0 Å². The largest absolute Gasteiger partial charge is 0.382 e. The van der Waals surface area contributed by atoms with Crippen molar-refractivity contribution in [2.24, 2.45) is 0 Å². The standard InChI is InChI=1S/C9H16O4/c1-3-12-8-6-7(10)9(8)13-5-4-11-2/h8-9H,3-6H2,1-2H3. The van der Waals surface area contributed by atoms with Crippen LogP contribution in [0.25, 0.3) is 0 Å². The Balaban J connectivity index is 2.18. The zero-order valence-electron chi connectivity index (χ0n) is 8.12. The van der Waals surface area contributed by atoms with Gasteiger partial charge in [-0.15, -0.1) is 0 Å². The molecule has 0 aromatic heterocycles. The van der Waals surface area contributed by atoms with E-state index >= 15 is 0 Å². The van der Waals surface area contributed by atoms with Gasteiger partial charge in [0.1, 0.15) is 6.10 Å². The molecule has 1 saturated carbocycles. The van der Waals surface area contributed by atoms with Gasteiger partial charge in [0.25, 0.3) is 0 Å². The Kier molecular flexibility index (Phi) is 4.35. The third-order valence-electron chi connectivity index (χ3n) is 2.02. The lowest BCUT2D eigenvalue weighted by Gasteiger charge is -2.33. The Morgan fingerprint density at radius 3 is 2.69 bits per heavy atom. The molecule has 2 unspecified atom stereocenters. The first-order valence-electron chi connectivity index (χ1n) is 4.54. The van der Waals surface area contributed by atoms with Crippen molar-refractivity contribution in [2.75, 3.05) is 26.9 Å². The topological polar surface area (TPSA) is 44.8 Å². The average molecular weight is 188 g/mol. The van der Waals surface area contributed by atoms with Gasteiger partial charge in [-0.3, -0.25) is 4.79 Å². The maximum atomic E-state index is 11.1. The molecule has 4 nitrogen and oxygen atoms in total. The highest BCUT2D eigenvalue weighted by molar-refractivity contribution is 5.90. The fraction of sp³-hybridized carbons (Fsp3) is 0.889. The first-order chi connectivity index (χ1) is 6.29. The molecule has 0 radical (unpaired) electrons. The molecule has 0 amide bonds. The summed E-state index contributed by atoms with van der Waals surface area (Å²) in [5.74, 6) is 0.134. The maximum Gasteiger partial charge on any atom is 0.166 e. The van der Waals surface area contributed by atoms with Crippen molar-refractivity contribution >= 4 is 5.78 Å². The Hall–Kier alpha value is -0.450. The van der Waals surface area contributed by atoms with E-state index in [1.165, 1.54) is 0 Å². The number of ketones is 1. The number of methoxy groups -OCH3 is 1. The first kappa shape index (κ1) is 10.6. The van der Waals surface area contributed by atoms with Gasteiger partial charge in [0.2, 0.25) is 0 Å². The Morgan fingerprint density at radius 2 is 2.15 bits per heavy atom. The number of carbonyl (C=O) groups excluding carboxylic acids is 1. The van der Waals surface area contributed by atoms with Gasteiger partial charge in [0.05, 0.1) is 19.3 Å². The van der Waals surface area contributed by atoms with Crippen LogP contribution in [-0.2, 0) is 19.0 Å². The Morgan fingerprint density at radius 1 is 1.38 bits per heavy atom. The van der Waals surface area contributed by atoms with Crippen LogP contribution in [0.5, 0.6) is 0 Å². The lowest BCUT2D eigenvalue weighted by atomic mass is 9.90. The van der Waals surface area contributed by atoms with Gasteiger partial charge in [0, 0.05) is 20.1 Å². The van der Waals surface area contributed by atoms with Gasteiger partial charge < -0.3 is 14.2 Å². The fourth-order valence-electron chi connectivity index (χ4n) is 1.29. The molecule has 0 bridgehead atoms. The normalized spacial score (nSPS) is 27.4. The summed E-state index contributed by atoms with van der Waals surface area (Å²) in [6.07, 6.45) is 0.107. The first-order valence-corrected chi connectivity index (χ1v) is 4.54. The summed E-state index contributed by atoms with van der Waals surface area (Å²) in [6.45, 7) is 3.51. The molecule has 0 aromatic carbocycles. The lowest BCUT2D eigenvalue weighted by Crippen LogP contribution is -2.50. The number of hydrogen-bond donors (Lipinski definition) is 0. The smallest absolute Gasteiger partial charge is 0.166 e. The van der Waals surface area contributed by atoms with Crippen molar-refractivity contribution in [3.05, 3.63) is 0 Å². The van der Waals surface area contributed by atoms with Crippen molar-refractivity contribution in [2.45, 2.75) is 25.6 Å². The minimum atomic E-state index is -0.352. The predicted molar refractivity (Wildman–Crippen MR) is 46.7 cm³/mol. The molecule has 13 heavy (non-hydrogen) atoms. The third kappa shape index (κ3) is 2.76. The number of hydrogen-bond acceptors (Lipinski definition) is 4. The van der Waals surface area contributed by atoms with Crippen LogP contribution < -0.4 is 0 Å². The van der Waals surface area contributed by atoms with Crippen LogP contribution in [0, 0.1) is 0 Å². The molecule has 1 aliphatic carbocycles. The van der Waals surface area contributed by atoms with E-state index < -0.39 is 0 Å². The summed E-state index contributed by atoms with van der Waals surface area (Å²) < 4.78 is 15.4. The van der Waals surface area contributed by atoms with Gasteiger partial charge >= 0.3 is 0 Å². The summed E-state index contributed by atoms with van der Waals surface area (Å²) in [5.41, 5.74) is 0. The minimum Gasteiger partial charge on any atom is -0.382 e. The molecule has 1 rings (SSSR count). The summed E-state index contributed by atoms with van der Waals surface area (Å²) in [4.78, 5) is 11.1. The van der Waals surface area contributed by atoms with E-state index in [0.717, 1.165) is 0 Å². The van der Waals surface area contributed by atoms with E-state index in [-0.39, 0.29) is 18.0 Å². The minimum absolute atomic E-state index is 0.0330. The van der Waals surface area contributed by atoms with Gasteiger partial charge in [-0.25, -0.2) is 0 Å². The molecule has 0 saturated heterocycles. The number of carbonyl (C=O) groups is 1. The number of rotatable bonds is 6. The zero-order valence-corrected chi connectivity index (χ0v) is 8.12. The second-order valence-corrected chi connectivity index (χ2v) is 2.95. The SMILES string of the molecule is CCOC1CC(=O)C1OCCOC. The quantitative estimate of drug-likeness (QED) is 0.566. The number of Topliss-reactive ketones (excluding diaryl/α,β-unsaturated/α-hetero) is 1. The highest BCUT2D eigenvalue weighted by Gasteiger charge is 2.41. The predicted octanol–water partition coefficient (Wildman–Crippen LogP) is 0.396. The van der Waals surface area contributed by atoms with E-state index in [2.05, 4.69) is 0 Å². The van der Waals surface area contributed by atoms with Crippen molar-refractivity contribution in [3.8, 4) is 0 Å². The van der Waals surface area contributed by atoms with Crippen molar-refractivity contribution in [1.82, 2.24) is 0 Å². The molecule has 76 valence electrons. The van der Waals surface area contributed by atoms with Gasteiger partial charge in [-0.2, -0.15) is 0 Å². The monoisotopic (exact) mass is 188 g/mol. The highest BCUT2D eigenvalue weighted by atomic mass is 16.6. The van der Waals surface area contributed by atoms with Crippen LogP contribution in [0.2, 0.25) is 0 Å². The molecular formula is C9H16O4. The van der Waals surface area contributed by atoms with Gasteiger partial charge in [0.15, 0.2) is 5.78 Å². The molecule has 0 N–H and O–H groups in total. The van der Waals surface area contributed by atoms with Crippen LogP contribution in [0.1, 0.15) is 13.3 Å². The molecule has 0 spiro atoms. The molecule has 0 aliphatic heterocycles. The Labute approximate surface area is 78.2 Å². The van der Waals surface area contributed by atoms with Gasteiger partial charge in [-0.05, 0) is 6.92 Å². The second kappa shape index (κ2) is 5.32. The summed E-state index contributed by atoms with van der Waals surface area (Å²) in [5, 5.41) is 0. The molecule has 1 fully saturated rings. The molecule has 0 aromatic rings. The van der Waals surface area contributed by atoms with Crippen molar-refractivity contribution in [3.63, 3.8) is 0 Å². The van der Waals surface area contributed by atoms with E-state index in [1.807, 2.05) is 6.92 Å². The van der Waals surface area contributed by atoms with E-state index in [0.29, 0.717) is 26.2 Å². The summed E-state index contributed by atoms with van der Waals surface area (Å²) in [7, 11) is 1.60. The van der Waals surface area contributed by atoms with E-state index in [4.69, 9.17) is 14.2 Å². The summed E-state index contributed by atoms with van der Waals surface area (Å²) >= 11 is 0. The molecule has 2 atom stereocenters. The van der Waals surface area contributed by atoms with Crippen LogP contribution in [-0.4, -0.2) is 44.9 Å².